The first-order chi connectivity index (χ1) is 6.84. The van der Waals surface area contributed by atoms with E-state index >= 15 is 0 Å². The SMILES string of the molecule is CCC(C)[C@H](N)C(=O)NCC(C)(C)SC. The van der Waals surface area contributed by atoms with Gasteiger partial charge in [-0.3, -0.25) is 4.79 Å². The predicted octanol–water partition coefficient (Wildman–Crippen LogP) is 1.62. The molecule has 0 fully saturated rings. The van der Waals surface area contributed by atoms with Crippen molar-refractivity contribution in [1.29, 1.82) is 0 Å². The highest BCUT2D eigenvalue weighted by Gasteiger charge is 2.22. The molecule has 0 spiro atoms. The number of hydrogen-bond acceptors (Lipinski definition) is 3. The second-order valence-electron chi connectivity index (χ2n) is 4.59. The van der Waals surface area contributed by atoms with E-state index in [-0.39, 0.29) is 22.6 Å². The number of nitrogens with two attached hydrogens (primary N) is 1. The molecule has 4 heteroatoms. The van der Waals surface area contributed by atoms with Crippen LogP contribution in [0.1, 0.15) is 34.1 Å². The Morgan fingerprint density at radius 3 is 2.47 bits per heavy atom. The summed E-state index contributed by atoms with van der Waals surface area (Å²) in [5, 5.41) is 2.90. The summed E-state index contributed by atoms with van der Waals surface area (Å²) in [7, 11) is 0. The maximum Gasteiger partial charge on any atom is 0.237 e. The highest BCUT2D eigenvalue weighted by molar-refractivity contribution is 7.99. The van der Waals surface area contributed by atoms with E-state index < -0.39 is 0 Å². The van der Waals surface area contributed by atoms with E-state index in [1.807, 2.05) is 20.1 Å². The van der Waals surface area contributed by atoms with Gasteiger partial charge in [0.15, 0.2) is 0 Å². The van der Waals surface area contributed by atoms with Crippen molar-refractivity contribution in [1.82, 2.24) is 5.32 Å². The predicted molar refractivity (Wildman–Crippen MR) is 68.0 cm³/mol. The van der Waals surface area contributed by atoms with Crippen LogP contribution in [0.5, 0.6) is 0 Å². The lowest BCUT2D eigenvalue weighted by Gasteiger charge is -2.24. The van der Waals surface area contributed by atoms with Crippen LogP contribution in [0, 0.1) is 5.92 Å². The van der Waals surface area contributed by atoms with E-state index in [1.165, 1.54) is 0 Å². The fraction of sp³-hybridized carbons (Fsp3) is 0.909. The van der Waals surface area contributed by atoms with Crippen molar-refractivity contribution in [3.8, 4) is 0 Å². The Hall–Kier alpha value is -0.220. The van der Waals surface area contributed by atoms with Crippen LogP contribution in [0.25, 0.3) is 0 Å². The van der Waals surface area contributed by atoms with Gasteiger partial charge in [-0.1, -0.05) is 20.3 Å². The third-order valence-electron chi connectivity index (χ3n) is 2.80. The molecule has 0 aromatic rings. The minimum atomic E-state index is -0.382. The van der Waals surface area contributed by atoms with Crippen LogP contribution in [-0.4, -0.2) is 29.5 Å². The van der Waals surface area contributed by atoms with Crippen LogP contribution < -0.4 is 11.1 Å². The minimum absolute atomic E-state index is 0.0357. The maximum atomic E-state index is 11.7. The summed E-state index contributed by atoms with van der Waals surface area (Å²) in [5.74, 6) is 0.203. The summed E-state index contributed by atoms with van der Waals surface area (Å²) in [6.07, 6.45) is 2.97. The summed E-state index contributed by atoms with van der Waals surface area (Å²) in [6, 6.07) is -0.382. The number of rotatable bonds is 6. The highest BCUT2D eigenvalue weighted by atomic mass is 32.2. The first kappa shape index (κ1) is 14.8. The van der Waals surface area contributed by atoms with Crippen molar-refractivity contribution in [3.05, 3.63) is 0 Å². The van der Waals surface area contributed by atoms with Gasteiger partial charge in [0, 0.05) is 11.3 Å². The Kier molecular flexibility index (Phi) is 6.29. The van der Waals surface area contributed by atoms with E-state index in [4.69, 9.17) is 5.73 Å². The van der Waals surface area contributed by atoms with Crippen molar-refractivity contribution in [2.24, 2.45) is 11.7 Å². The molecule has 0 aliphatic carbocycles. The van der Waals surface area contributed by atoms with Crippen LogP contribution in [0.4, 0.5) is 0 Å². The van der Waals surface area contributed by atoms with Gasteiger partial charge >= 0.3 is 0 Å². The van der Waals surface area contributed by atoms with E-state index in [0.717, 1.165) is 6.42 Å². The Morgan fingerprint density at radius 1 is 1.53 bits per heavy atom. The van der Waals surface area contributed by atoms with Gasteiger partial charge in [-0.15, -0.1) is 0 Å². The molecule has 0 saturated carbocycles. The summed E-state index contributed by atoms with van der Waals surface area (Å²) in [6.45, 7) is 8.92. The summed E-state index contributed by atoms with van der Waals surface area (Å²) >= 11 is 1.74. The number of amides is 1. The summed E-state index contributed by atoms with van der Waals surface area (Å²) in [4.78, 5) is 11.7. The van der Waals surface area contributed by atoms with Gasteiger partial charge in [-0.25, -0.2) is 0 Å². The largest absolute Gasteiger partial charge is 0.353 e. The van der Waals surface area contributed by atoms with E-state index in [2.05, 4.69) is 19.2 Å². The molecule has 0 aromatic heterocycles. The molecular formula is C11H24N2OS. The zero-order chi connectivity index (χ0) is 12.1. The van der Waals surface area contributed by atoms with Crippen LogP contribution >= 0.6 is 11.8 Å². The quantitative estimate of drug-likeness (QED) is 0.731. The smallest absolute Gasteiger partial charge is 0.237 e. The fourth-order valence-corrected chi connectivity index (χ4v) is 1.22. The van der Waals surface area contributed by atoms with Crippen LogP contribution in [0.15, 0.2) is 0 Å². The lowest BCUT2D eigenvalue weighted by molar-refractivity contribution is -0.123. The molecule has 90 valence electrons. The van der Waals surface area contributed by atoms with Gasteiger partial charge < -0.3 is 11.1 Å². The van der Waals surface area contributed by atoms with Crippen molar-refractivity contribution in [2.45, 2.75) is 44.9 Å². The summed E-state index contributed by atoms with van der Waals surface area (Å²) in [5.41, 5.74) is 5.82. The Balaban J connectivity index is 4.04. The van der Waals surface area contributed by atoms with Crippen molar-refractivity contribution in [2.75, 3.05) is 12.8 Å². The first-order valence-electron chi connectivity index (χ1n) is 5.42. The normalized spacial score (nSPS) is 15.9. The zero-order valence-electron chi connectivity index (χ0n) is 10.5. The monoisotopic (exact) mass is 232 g/mol. The Bertz CT molecular complexity index is 207. The molecule has 0 bridgehead atoms. The maximum absolute atomic E-state index is 11.7. The molecule has 0 heterocycles. The number of carbonyl (C=O) groups is 1. The van der Waals surface area contributed by atoms with Crippen molar-refractivity contribution in [3.63, 3.8) is 0 Å². The zero-order valence-corrected chi connectivity index (χ0v) is 11.3. The Morgan fingerprint density at radius 2 is 2.07 bits per heavy atom. The number of carbonyl (C=O) groups excluding carboxylic acids is 1. The summed E-state index contributed by atoms with van der Waals surface area (Å²) < 4.78 is 0.0742. The molecule has 0 aliphatic rings. The fourth-order valence-electron chi connectivity index (χ4n) is 1.00. The number of hydrogen-bond donors (Lipinski definition) is 2. The average Bonchev–Trinajstić information content (AvgIpc) is 2.23. The van der Waals surface area contributed by atoms with Crippen LogP contribution in [-0.2, 0) is 4.79 Å². The second kappa shape index (κ2) is 6.38. The molecule has 0 radical (unpaired) electrons. The molecule has 3 nitrogen and oxygen atoms in total. The molecule has 1 unspecified atom stereocenters. The molecule has 15 heavy (non-hydrogen) atoms. The molecule has 0 aliphatic heterocycles. The van der Waals surface area contributed by atoms with E-state index in [0.29, 0.717) is 6.54 Å². The molecule has 0 saturated heterocycles. The molecule has 0 rings (SSSR count). The van der Waals surface area contributed by atoms with Gasteiger partial charge in [0.1, 0.15) is 0 Å². The lowest BCUT2D eigenvalue weighted by Crippen LogP contribution is -2.47. The molecule has 3 N–H and O–H groups in total. The minimum Gasteiger partial charge on any atom is -0.353 e. The van der Waals surface area contributed by atoms with Crippen LogP contribution in [0.2, 0.25) is 0 Å². The van der Waals surface area contributed by atoms with Crippen molar-refractivity contribution >= 4 is 17.7 Å². The molecule has 0 aromatic carbocycles. The van der Waals surface area contributed by atoms with Gasteiger partial charge in [0.25, 0.3) is 0 Å². The highest BCUT2D eigenvalue weighted by Crippen LogP contribution is 2.19. The third kappa shape index (κ3) is 5.42. The average molecular weight is 232 g/mol. The third-order valence-corrected chi connectivity index (χ3v) is 4.05. The first-order valence-corrected chi connectivity index (χ1v) is 6.65. The topological polar surface area (TPSA) is 55.1 Å². The molecule has 2 atom stereocenters. The van der Waals surface area contributed by atoms with E-state index in [1.54, 1.807) is 11.8 Å². The second-order valence-corrected chi connectivity index (χ2v) is 6.11. The van der Waals surface area contributed by atoms with Gasteiger partial charge in [0.2, 0.25) is 5.91 Å². The van der Waals surface area contributed by atoms with Crippen molar-refractivity contribution < 1.29 is 4.79 Å². The number of thioether (sulfide) groups is 1. The lowest BCUT2D eigenvalue weighted by atomic mass is 9.99. The molecule has 1 amide bonds. The Labute approximate surface area is 97.6 Å². The van der Waals surface area contributed by atoms with Gasteiger partial charge in [-0.2, -0.15) is 11.8 Å². The van der Waals surface area contributed by atoms with Crippen LogP contribution in [0.3, 0.4) is 0 Å². The van der Waals surface area contributed by atoms with E-state index in [9.17, 15) is 4.79 Å². The standard InChI is InChI=1S/C11H24N2OS/c1-6-8(2)9(12)10(14)13-7-11(3,4)15-5/h8-9H,6-7,12H2,1-5H3,(H,13,14)/t8?,9-/m0/s1. The van der Waals surface area contributed by atoms with Gasteiger partial charge in [0.05, 0.1) is 6.04 Å². The number of nitrogens with one attached hydrogen (secondary N) is 1. The molecular weight excluding hydrogens is 208 g/mol. The van der Waals surface area contributed by atoms with Gasteiger partial charge in [-0.05, 0) is 26.0 Å².